The molecule has 6 nitrogen and oxygen atoms in total. The number of H-pyrrole nitrogens is 1. The molecule has 0 fully saturated rings. The summed E-state index contributed by atoms with van der Waals surface area (Å²) < 4.78 is 5.21. The van der Waals surface area contributed by atoms with Crippen LogP contribution in [0.2, 0.25) is 0 Å². The SMILES string of the molecule is COc1ccc(-c2[nH]ncc2CNCCCCNc2ccccn2)cc1. The molecule has 26 heavy (non-hydrogen) atoms. The fourth-order valence-electron chi connectivity index (χ4n) is 2.73. The maximum absolute atomic E-state index is 5.21. The minimum atomic E-state index is 0.797. The first-order valence-electron chi connectivity index (χ1n) is 8.89. The summed E-state index contributed by atoms with van der Waals surface area (Å²) in [6, 6.07) is 13.9. The first-order chi connectivity index (χ1) is 12.9. The zero-order chi connectivity index (χ0) is 18.0. The van der Waals surface area contributed by atoms with Gasteiger partial charge in [0.2, 0.25) is 0 Å². The topological polar surface area (TPSA) is 74.9 Å². The Balaban J connectivity index is 1.38. The Morgan fingerprint density at radius 2 is 1.88 bits per heavy atom. The van der Waals surface area contributed by atoms with Crippen LogP contribution >= 0.6 is 0 Å². The van der Waals surface area contributed by atoms with Gasteiger partial charge in [-0.25, -0.2) is 4.98 Å². The third kappa shape index (κ3) is 5.07. The summed E-state index contributed by atoms with van der Waals surface area (Å²) in [4.78, 5) is 4.25. The van der Waals surface area contributed by atoms with Crippen molar-refractivity contribution < 1.29 is 4.74 Å². The summed E-state index contributed by atoms with van der Waals surface area (Å²) in [6.45, 7) is 2.70. The van der Waals surface area contributed by atoms with Gasteiger partial charge in [-0.2, -0.15) is 5.10 Å². The standard InChI is InChI=1S/C20H25N5O/c1-26-18-9-7-16(8-10-18)20-17(15-24-25-20)14-21-11-4-5-13-23-19-6-2-3-12-22-19/h2-3,6-10,12,15,21H,4-5,11,13-14H2,1H3,(H,22,23)(H,24,25). The second-order valence-electron chi connectivity index (χ2n) is 6.02. The smallest absolute Gasteiger partial charge is 0.125 e. The maximum Gasteiger partial charge on any atom is 0.125 e. The van der Waals surface area contributed by atoms with Gasteiger partial charge in [0.15, 0.2) is 0 Å². The van der Waals surface area contributed by atoms with Crippen molar-refractivity contribution in [2.45, 2.75) is 19.4 Å². The molecule has 0 aliphatic heterocycles. The summed E-state index contributed by atoms with van der Waals surface area (Å²) >= 11 is 0. The van der Waals surface area contributed by atoms with Gasteiger partial charge >= 0.3 is 0 Å². The number of hydrogen-bond donors (Lipinski definition) is 3. The van der Waals surface area contributed by atoms with Crippen molar-refractivity contribution in [1.82, 2.24) is 20.5 Å². The predicted octanol–water partition coefficient (Wildman–Crippen LogP) is 3.46. The van der Waals surface area contributed by atoms with Crippen LogP contribution in [0.5, 0.6) is 5.75 Å². The highest BCUT2D eigenvalue weighted by Crippen LogP contribution is 2.23. The predicted molar refractivity (Wildman–Crippen MR) is 104 cm³/mol. The molecule has 0 aliphatic carbocycles. The summed E-state index contributed by atoms with van der Waals surface area (Å²) in [5.41, 5.74) is 3.33. The van der Waals surface area contributed by atoms with E-state index in [4.69, 9.17) is 4.74 Å². The Kier molecular flexibility index (Phi) is 6.61. The molecule has 6 heteroatoms. The van der Waals surface area contributed by atoms with Crippen LogP contribution in [0.25, 0.3) is 11.3 Å². The highest BCUT2D eigenvalue weighted by molar-refractivity contribution is 5.63. The van der Waals surface area contributed by atoms with E-state index in [1.165, 1.54) is 5.56 Å². The molecule has 0 spiro atoms. The second kappa shape index (κ2) is 9.58. The van der Waals surface area contributed by atoms with Gasteiger partial charge in [0.25, 0.3) is 0 Å². The summed E-state index contributed by atoms with van der Waals surface area (Å²) in [5, 5.41) is 14.1. The lowest BCUT2D eigenvalue weighted by atomic mass is 10.1. The number of benzene rings is 1. The molecule has 2 heterocycles. The molecule has 0 atom stereocenters. The monoisotopic (exact) mass is 351 g/mol. The first-order valence-corrected chi connectivity index (χ1v) is 8.89. The van der Waals surface area contributed by atoms with E-state index < -0.39 is 0 Å². The Morgan fingerprint density at radius 1 is 1.04 bits per heavy atom. The van der Waals surface area contributed by atoms with Crippen LogP contribution < -0.4 is 15.4 Å². The van der Waals surface area contributed by atoms with Gasteiger partial charge in [-0.3, -0.25) is 5.10 Å². The molecule has 0 radical (unpaired) electrons. The molecule has 0 unspecified atom stereocenters. The number of methoxy groups -OCH3 is 1. The number of pyridine rings is 1. The quantitative estimate of drug-likeness (QED) is 0.488. The van der Waals surface area contributed by atoms with E-state index in [1.54, 1.807) is 13.3 Å². The Hall–Kier alpha value is -2.86. The summed E-state index contributed by atoms with van der Waals surface area (Å²) in [5.74, 6) is 1.79. The largest absolute Gasteiger partial charge is 0.497 e. The van der Waals surface area contributed by atoms with Crippen LogP contribution in [0.3, 0.4) is 0 Å². The molecule has 3 aromatic rings. The van der Waals surface area contributed by atoms with Gasteiger partial charge in [-0.15, -0.1) is 0 Å². The zero-order valence-electron chi connectivity index (χ0n) is 15.0. The average molecular weight is 351 g/mol. The van der Waals surface area contributed by atoms with Crippen molar-refractivity contribution in [2.24, 2.45) is 0 Å². The van der Waals surface area contributed by atoms with Crippen LogP contribution in [0.15, 0.2) is 54.9 Å². The molecule has 0 saturated heterocycles. The number of anilines is 1. The van der Waals surface area contributed by atoms with Gasteiger partial charge in [-0.1, -0.05) is 6.07 Å². The van der Waals surface area contributed by atoms with Gasteiger partial charge < -0.3 is 15.4 Å². The molecule has 1 aromatic carbocycles. The van der Waals surface area contributed by atoms with E-state index in [0.29, 0.717) is 0 Å². The number of nitrogens with one attached hydrogen (secondary N) is 3. The van der Waals surface area contributed by atoms with E-state index in [9.17, 15) is 0 Å². The lowest BCUT2D eigenvalue weighted by Crippen LogP contribution is -2.16. The van der Waals surface area contributed by atoms with Crippen molar-refractivity contribution in [2.75, 3.05) is 25.5 Å². The van der Waals surface area contributed by atoms with Crippen molar-refractivity contribution in [3.05, 3.63) is 60.4 Å². The molecule has 0 aliphatic rings. The molecular weight excluding hydrogens is 326 g/mol. The van der Waals surface area contributed by atoms with Gasteiger partial charge in [-0.05, 0) is 55.8 Å². The van der Waals surface area contributed by atoms with Gasteiger partial charge in [0.1, 0.15) is 11.6 Å². The third-order valence-electron chi connectivity index (χ3n) is 4.16. The van der Waals surface area contributed by atoms with E-state index >= 15 is 0 Å². The number of rotatable bonds is 10. The number of nitrogens with zero attached hydrogens (tertiary/aromatic N) is 2. The highest BCUT2D eigenvalue weighted by Gasteiger charge is 2.07. The summed E-state index contributed by atoms with van der Waals surface area (Å²) in [7, 11) is 1.67. The van der Waals surface area contributed by atoms with Crippen LogP contribution in [0.4, 0.5) is 5.82 Å². The lowest BCUT2D eigenvalue weighted by Gasteiger charge is -2.08. The number of aromatic nitrogens is 3. The minimum Gasteiger partial charge on any atom is -0.497 e. The van der Waals surface area contributed by atoms with E-state index in [0.717, 1.165) is 55.3 Å². The molecular formula is C20H25N5O. The summed E-state index contributed by atoms with van der Waals surface area (Å²) in [6.07, 6.45) is 5.89. The van der Waals surface area contributed by atoms with E-state index in [-0.39, 0.29) is 0 Å². The Morgan fingerprint density at radius 3 is 2.65 bits per heavy atom. The average Bonchev–Trinajstić information content (AvgIpc) is 3.16. The maximum atomic E-state index is 5.21. The van der Waals surface area contributed by atoms with Crippen molar-refractivity contribution in [1.29, 1.82) is 0 Å². The normalized spacial score (nSPS) is 10.7. The molecule has 3 rings (SSSR count). The van der Waals surface area contributed by atoms with Gasteiger partial charge in [0.05, 0.1) is 19.0 Å². The Labute approximate surface area is 154 Å². The van der Waals surface area contributed by atoms with Crippen molar-refractivity contribution >= 4 is 5.82 Å². The molecule has 0 amide bonds. The molecule has 0 bridgehead atoms. The molecule has 3 N–H and O–H groups in total. The Bertz CT molecular complexity index is 770. The highest BCUT2D eigenvalue weighted by atomic mass is 16.5. The van der Waals surface area contributed by atoms with Crippen molar-refractivity contribution in [3.8, 4) is 17.0 Å². The molecule has 136 valence electrons. The lowest BCUT2D eigenvalue weighted by molar-refractivity contribution is 0.415. The number of hydrogen-bond acceptors (Lipinski definition) is 5. The fourth-order valence-corrected chi connectivity index (χ4v) is 2.73. The van der Waals surface area contributed by atoms with Crippen molar-refractivity contribution in [3.63, 3.8) is 0 Å². The third-order valence-corrected chi connectivity index (χ3v) is 4.16. The zero-order valence-corrected chi connectivity index (χ0v) is 15.0. The number of ether oxygens (including phenoxy) is 1. The first kappa shape index (κ1) is 17.9. The fraction of sp³-hybridized carbons (Fsp3) is 0.300. The molecule has 2 aromatic heterocycles. The minimum absolute atomic E-state index is 0.797. The van der Waals surface area contributed by atoms with Crippen LogP contribution in [-0.2, 0) is 6.54 Å². The van der Waals surface area contributed by atoms with E-state index in [1.807, 2.05) is 48.7 Å². The molecule has 0 saturated carbocycles. The van der Waals surface area contributed by atoms with Crippen LogP contribution in [0, 0.1) is 0 Å². The van der Waals surface area contributed by atoms with Gasteiger partial charge in [0, 0.05) is 30.4 Å². The number of aromatic amines is 1. The number of unbranched alkanes of at least 4 members (excludes halogenated alkanes) is 1. The van der Waals surface area contributed by atoms with E-state index in [2.05, 4.69) is 25.8 Å². The second-order valence-corrected chi connectivity index (χ2v) is 6.02. The van der Waals surface area contributed by atoms with Crippen LogP contribution in [0.1, 0.15) is 18.4 Å². The van der Waals surface area contributed by atoms with Crippen LogP contribution in [-0.4, -0.2) is 35.4 Å².